The summed E-state index contributed by atoms with van der Waals surface area (Å²) in [5, 5.41) is 18.9. The molecular formula is C30H27F3N6O2S. The number of carbonyl (C=O) groups is 1. The minimum absolute atomic E-state index is 0.0590. The monoisotopic (exact) mass is 592 g/mol. The number of nitrogens with one attached hydrogen (secondary N) is 3. The average Bonchev–Trinajstić information content (AvgIpc) is 3.63. The second-order valence-corrected chi connectivity index (χ2v) is 11.6. The fourth-order valence-electron chi connectivity index (χ4n) is 5.27. The Kier molecular flexibility index (Phi) is 7.19. The molecule has 1 amide bonds. The predicted molar refractivity (Wildman–Crippen MR) is 155 cm³/mol. The van der Waals surface area contributed by atoms with Crippen molar-refractivity contribution in [2.75, 3.05) is 10.6 Å². The van der Waals surface area contributed by atoms with Gasteiger partial charge in [-0.25, -0.2) is 15.0 Å². The molecule has 3 aromatic heterocycles. The van der Waals surface area contributed by atoms with Gasteiger partial charge in [-0.15, -0.1) is 11.3 Å². The Bertz CT molecular complexity index is 1760. The first-order chi connectivity index (χ1) is 20.1. The van der Waals surface area contributed by atoms with Gasteiger partial charge in [0.05, 0.1) is 4.88 Å². The van der Waals surface area contributed by atoms with Crippen molar-refractivity contribution in [1.29, 1.82) is 0 Å². The molecule has 2 aromatic carbocycles. The van der Waals surface area contributed by atoms with Crippen LogP contribution in [-0.4, -0.2) is 30.9 Å². The Labute approximate surface area is 243 Å². The minimum Gasteiger partial charge on any atom is -0.383 e. The van der Waals surface area contributed by atoms with Gasteiger partial charge in [0.15, 0.2) is 0 Å². The van der Waals surface area contributed by atoms with Crippen LogP contribution in [0.25, 0.3) is 21.3 Å². The zero-order chi connectivity index (χ0) is 29.5. The number of hydrogen-bond acceptors (Lipinski definition) is 7. The highest BCUT2D eigenvalue weighted by atomic mass is 32.1. The predicted octanol–water partition coefficient (Wildman–Crippen LogP) is 7.17. The maximum atomic E-state index is 13.1. The van der Waals surface area contributed by atoms with Crippen molar-refractivity contribution in [2.24, 2.45) is 5.92 Å². The summed E-state index contributed by atoms with van der Waals surface area (Å²) in [4.78, 5) is 28.9. The average molecular weight is 593 g/mol. The van der Waals surface area contributed by atoms with E-state index in [0.717, 1.165) is 44.9 Å². The first kappa shape index (κ1) is 27.9. The first-order valence-electron chi connectivity index (χ1n) is 13.4. The largest absolute Gasteiger partial charge is 0.433 e. The zero-order valence-corrected chi connectivity index (χ0v) is 23.3. The standard InChI is InChI=1S/C30H27F3N6O2S/c1-17-12-20(15-22(13-17)38-28-35-11-7-25(39-28)30(31,32)33)24-16-36-27(42-24)29(41)8-4-18(5-9-29)26(40)37-21-2-3-23-19(14-21)6-10-34-23/h2-3,6-7,10-16,18,34,41H,4-5,8-9H2,1H3,(H,37,40)(H,35,38,39)/t18-,29+. The number of aromatic nitrogens is 4. The van der Waals surface area contributed by atoms with Gasteiger partial charge in [0.2, 0.25) is 11.9 Å². The first-order valence-corrected chi connectivity index (χ1v) is 14.2. The second-order valence-electron chi connectivity index (χ2n) is 10.6. The molecule has 0 saturated heterocycles. The lowest BCUT2D eigenvalue weighted by molar-refractivity contribution is -0.141. The van der Waals surface area contributed by atoms with E-state index in [2.05, 4.69) is 30.6 Å². The topological polar surface area (TPSA) is 116 Å². The van der Waals surface area contributed by atoms with Crippen LogP contribution in [0.3, 0.4) is 0 Å². The third kappa shape index (κ3) is 5.86. The number of nitrogens with zero attached hydrogens (tertiary/aromatic N) is 3. The lowest BCUT2D eigenvalue weighted by Gasteiger charge is -2.33. The number of halogens is 3. The molecule has 0 spiro atoms. The van der Waals surface area contributed by atoms with Crippen LogP contribution in [0.2, 0.25) is 0 Å². The van der Waals surface area contributed by atoms with Gasteiger partial charge in [0.1, 0.15) is 16.3 Å². The summed E-state index contributed by atoms with van der Waals surface area (Å²) < 4.78 is 39.2. The maximum Gasteiger partial charge on any atom is 0.433 e. The number of rotatable bonds is 6. The van der Waals surface area contributed by atoms with E-state index in [9.17, 15) is 23.1 Å². The highest BCUT2D eigenvalue weighted by Gasteiger charge is 2.39. The maximum absolute atomic E-state index is 13.1. The van der Waals surface area contributed by atoms with E-state index in [1.54, 1.807) is 18.3 Å². The summed E-state index contributed by atoms with van der Waals surface area (Å²) in [6, 6.07) is 14.0. The fraction of sp³-hybridized carbons (Fsp3) is 0.267. The number of aromatic amines is 1. The summed E-state index contributed by atoms with van der Waals surface area (Å²) in [6.45, 7) is 1.87. The smallest absolute Gasteiger partial charge is 0.383 e. The molecule has 1 saturated carbocycles. The van der Waals surface area contributed by atoms with Crippen LogP contribution in [0.4, 0.5) is 30.5 Å². The molecule has 1 aliphatic carbocycles. The van der Waals surface area contributed by atoms with Crippen molar-refractivity contribution in [3.05, 3.63) is 83.4 Å². The van der Waals surface area contributed by atoms with E-state index >= 15 is 0 Å². The molecule has 6 rings (SSSR count). The third-order valence-electron chi connectivity index (χ3n) is 7.47. The number of anilines is 3. The molecule has 4 N–H and O–H groups in total. The molecule has 0 unspecified atom stereocenters. The summed E-state index contributed by atoms with van der Waals surface area (Å²) in [6.07, 6.45) is 1.89. The Balaban J connectivity index is 1.12. The van der Waals surface area contributed by atoms with Crippen LogP contribution < -0.4 is 10.6 Å². The van der Waals surface area contributed by atoms with Crippen molar-refractivity contribution in [1.82, 2.24) is 19.9 Å². The van der Waals surface area contributed by atoms with E-state index in [-0.39, 0.29) is 17.8 Å². The normalized spacial score (nSPS) is 19.1. The van der Waals surface area contributed by atoms with Crippen LogP contribution in [0.5, 0.6) is 0 Å². The number of alkyl halides is 3. The Morgan fingerprint density at radius 1 is 1.07 bits per heavy atom. The Morgan fingerprint density at radius 2 is 1.88 bits per heavy atom. The number of aryl methyl sites for hydroxylation is 1. The van der Waals surface area contributed by atoms with Gasteiger partial charge in [-0.1, -0.05) is 6.07 Å². The van der Waals surface area contributed by atoms with E-state index in [1.807, 2.05) is 43.5 Å². The quantitative estimate of drug-likeness (QED) is 0.166. The molecular weight excluding hydrogens is 565 g/mol. The van der Waals surface area contributed by atoms with E-state index in [4.69, 9.17) is 0 Å². The molecule has 1 fully saturated rings. The van der Waals surface area contributed by atoms with Crippen molar-refractivity contribution in [3.8, 4) is 10.4 Å². The number of fused-ring (bicyclic) bond motifs is 1. The fourth-order valence-corrected chi connectivity index (χ4v) is 6.32. The van der Waals surface area contributed by atoms with Gasteiger partial charge in [0, 0.05) is 46.8 Å². The lowest BCUT2D eigenvalue weighted by atomic mass is 9.78. The number of thiazole rings is 1. The van der Waals surface area contributed by atoms with Crippen LogP contribution in [0, 0.1) is 12.8 Å². The van der Waals surface area contributed by atoms with Gasteiger partial charge >= 0.3 is 6.18 Å². The van der Waals surface area contributed by atoms with Crippen LogP contribution in [0.15, 0.2) is 67.1 Å². The third-order valence-corrected chi connectivity index (χ3v) is 8.71. The number of carbonyl (C=O) groups excluding carboxylic acids is 1. The highest BCUT2D eigenvalue weighted by Crippen LogP contribution is 2.43. The molecule has 42 heavy (non-hydrogen) atoms. The van der Waals surface area contributed by atoms with Crippen LogP contribution in [0.1, 0.15) is 41.9 Å². The minimum atomic E-state index is -4.57. The van der Waals surface area contributed by atoms with E-state index < -0.39 is 17.5 Å². The zero-order valence-electron chi connectivity index (χ0n) is 22.5. The molecule has 0 radical (unpaired) electrons. The molecule has 1 aliphatic rings. The van der Waals surface area contributed by atoms with Gasteiger partial charge in [-0.3, -0.25) is 4.79 Å². The number of benzene rings is 2. The molecule has 0 aliphatic heterocycles. The number of H-pyrrole nitrogens is 1. The summed E-state index contributed by atoms with van der Waals surface area (Å²) >= 11 is 1.36. The van der Waals surface area contributed by atoms with Gasteiger partial charge in [-0.2, -0.15) is 13.2 Å². The summed E-state index contributed by atoms with van der Waals surface area (Å²) in [5.41, 5.74) is 1.77. The number of amides is 1. The molecule has 8 nitrogen and oxygen atoms in total. The van der Waals surface area contributed by atoms with Crippen molar-refractivity contribution >= 4 is 45.5 Å². The Hall–Kier alpha value is -4.29. The van der Waals surface area contributed by atoms with Crippen molar-refractivity contribution in [3.63, 3.8) is 0 Å². The molecule has 0 atom stereocenters. The molecule has 216 valence electrons. The molecule has 0 bridgehead atoms. The molecule has 3 heterocycles. The van der Waals surface area contributed by atoms with Crippen molar-refractivity contribution < 1.29 is 23.1 Å². The van der Waals surface area contributed by atoms with Crippen molar-refractivity contribution in [2.45, 2.75) is 44.4 Å². The van der Waals surface area contributed by atoms with Crippen LogP contribution >= 0.6 is 11.3 Å². The molecule has 12 heteroatoms. The summed E-state index contributed by atoms with van der Waals surface area (Å²) in [5.74, 6) is -0.432. The van der Waals surface area contributed by atoms with Gasteiger partial charge in [0.25, 0.3) is 0 Å². The SMILES string of the molecule is Cc1cc(Nc2nccc(C(F)(F)F)n2)cc(-c2cnc([C@]3(O)CC[C@@H](C(=O)Nc4ccc5[nH]ccc5c4)CC3)s2)c1. The number of aliphatic hydroxyl groups is 1. The second kappa shape index (κ2) is 10.8. The molecule has 5 aromatic rings. The lowest BCUT2D eigenvalue weighted by Crippen LogP contribution is -2.35. The van der Waals surface area contributed by atoms with Gasteiger partial charge < -0.3 is 20.7 Å². The Morgan fingerprint density at radius 3 is 2.67 bits per heavy atom. The van der Waals surface area contributed by atoms with Crippen LogP contribution in [-0.2, 0) is 16.6 Å². The highest BCUT2D eigenvalue weighted by molar-refractivity contribution is 7.15. The summed E-state index contributed by atoms with van der Waals surface area (Å²) in [7, 11) is 0. The van der Waals surface area contributed by atoms with E-state index in [1.165, 1.54) is 11.3 Å². The van der Waals surface area contributed by atoms with Gasteiger partial charge in [-0.05, 0) is 86.2 Å². The van der Waals surface area contributed by atoms with E-state index in [0.29, 0.717) is 36.4 Å². The number of hydrogen-bond donors (Lipinski definition) is 4.